The van der Waals surface area contributed by atoms with Crippen LogP contribution in [0.5, 0.6) is 0 Å². The molecule has 0 spiro atoms. The van der Waals surface area contributed by atoms with Gasteiger partial charge in [-0.2, -0.15) is 5.06 Å². The van der Waals surface area contributed by atoms with Gasteiger partial charge in [-0.15, -0.1) is 0 Å². The molecule has 0 heterocycles. The highest BCUT2D eigenvalue weighted by molar-refractivity contribution is 5.95. The van der Waals surface area contributed by atoms with Gasteiger partial charge < -0.3 is 10.1 Å². The summed E-state index contributed by atoms with van der Waals surface area (Å²) >= 11 is 0. The first kappa shape index (κ1) is 17.5. The van der Waals surface area contributed by atoms with Crippen LogP contribution in [0.15, 0.2) is 54.6 Å². The average molecular weight is 328 g/mol. The molecule has 0 atom stereocenters. The van der Waals surface area contributed by atoms with E-state index < -0.39 is 6.09 Å². The van der Waals surface area contributed by atoms with E-state index >= 15 is 0 Å². The molecule has 0 aliphatic heterocycles. The molecule has 2 aromatic carbocycles. The Kier molecular flexibility index (Phi) is 6.33. The highest BCUT2D eigenvalue weighted by Crippen LogP contribution is 2.12. The summed E-state index contributed by atoms with van der Waals surface area (Å²) in [6.45, 7) is 2.08. The van der Waals surface area contributed by atoms with Crippen molar-refractivity contribution < 1.29 is 19.5 Å². The predicted octanol–water partition coefficient (Wildman–Crippen LogP) is 2.96. The quantitative estimate of drug-likeness (QED) is 0.631. The summed E-state index contributed by atoms with van der Waals surface area (Å²) in [5.41, 5.74) is 1.91. The van der Waals surface area contributed by atoms with Crippen LogP contribution in [0.1, 0.15) is 28.4 Å². The van der Waals surface area contributed by atoms with E-state index in [1.165, 1.54) is 0 Å². The van der Waals surface area contributed by atoms with Crippen molar-refractivity contribution in [2.75, 3.05) is 6.61 Å². The van der Waals surface area contributed by atoms with Gasteiger partial charge in [0.1, 0.15) is 0 Å². The van der Waals surface area contributed by atoms with E-state index in [0.29, 0.717) is 22.7 Å². The zero-order valence-electron chi connectivity index (χ0n) is 13.4. The third-order valence-corrected chi connectivity index (χ3v) is 3.36. The minimum Gasteiger partial charge on any atom is -0.448 e. The van der Waals surface area contributed by atoms with Crippen molar-refractivity contribution in [2.45, 2.75) is 20.0 Å². The summed E-state index contributed by atoms with van der Waals surface area (Å²) in [5.74, 6) is -0.272. The van der Waals surface area contributed by atoms with Crippen molar-refractivity contribution in [2.24, 2.45) is 0 Å². The maximum absolute atomic E-state index is 12.4. The highest BCUT2D eigenvalue weighted by atomic mass is 16.6. The van der Waals surface area contributed by atoms with E-state index in [4.69, 9.17) is 4.74 Å². The van der Waals surface area contributed by atoms with Crippen molar-refractivity contribution in [3.05, 3.63) is 71.3 Å². The van der Waals surface area contributed by atoms with Gasteiger partial charge in [0.25, 0.3) is 5.91 Å². The van der Waals surface area contributed by atoms with Gasteiger partial charge in [-0.3, -0.25) is 10.0 Å². The average Bonchev–Trinajstić information content (AvgIpc) is 2.61. The number of nitrogens with zero attached hydrogens (tertiary/aromatic N) is 1. The molecule has 6 nitrogen and oxygen atoms in total. The fourth-order valence-corrected chi connectivity index (χ4v) is 2.18. The zero-order chi connectivity index (χ0) is 17.4. The van der Waals surface area contributed by atoms with Gasteiger partial charge in [-0.05, 0) is 24.1 Å². The van der Waals surface area contributed by atoms with Crippen LogP contribution in [0.3, 0.4) is 0 Å². The lowest BCUT2D eigenvalue weighted by atomic mass is 10.1. The normalized spacial score (nSPS) is 10.1. The lowest BCUT2D eigenvalue weighted by Gasteiger charge is -2.16. The van der Waals surface area contributed by atoms with Crippen LogP contribution in [0, 0.1) is 0 Å². The third kappa shape index (κ3) is 4.82. The molecule has 0 unspecified atom stereocenters. The minimum atomic E-state index is -0.850. The maximum Gasteiger partial charge on any atom is 0.434 e. The van der Waals surface area contributed by atoms with Gasteiger partial charge >= 0.3 is 6.09 Å². The van der Waals surface area contributed by atoms with Gasteiger partial charge in [0.05, 0.1) is 13.2 Å². The standard InChI is InChI=1S/C18H20N2O4/c1-2-24-18(22)20(23)13-15-10-6-7-11-16(15)17(21)19-12-14-8-4-3-5-9-14/h3-11,23H,2,12-13H2,1H3,(H,19,21). The largest absolute Gasteiger partial charge is 0.448 e. The lowest BCUT2D eigenvalue weighted by Crippen LogP contribution is -2.30. The van der Waals surface area contributed by atoms with Crippen LogP contribution in [-0.2, 0) is 17.8 Å². The first-order valence-corrected chi connectivity index (χ1v) is 7.65. The van der Waals surface area contributed by atoms with Gasteiger partial charge in [-0.25, -0.2) is 4.79 Å². The minimum absolute atomic E-state index is 0.131. The van der Waals surface area contributed by atoms with Crippen molar-refractivity contribution >= 4 is 12.0 Å². The van der Waals surface area contributed by atoms with E-state index in [-0.39, 0.29) is 19.1 Å². The molecule has 2 aromatic rings. The molecule has 2 N–H and O–H groups in total. The van der Waals surface area contributed by atoms with E-state index in [9.17, 15) is 14.8 Å². The van der Waals surface area contributed by atoms with Crippen LogP contribution in [-0.4, -0.2) is 28.9 Å². The fraction of sp³-hybridized carbons (Fsp3) is 0.222. The van der Waals surface area contributed by atoms with Crippen LogP contribution in [0.2, 0.25) is 0 Å². The number of hydrogen-bond donors (Lipinski definition) is 2. The molecule has 2 amide bonds. The molecule has 126 valence electrons. The molecular formula is C18H20N2O4. The number of ether oxygens (including phenoxy) is 1. The molecule has 2 rings (SSSR count). The molecule has 0 aromatic heterocycles. The number of carbonyl (C=O) groups excluding carboxylic acids is 2. The number of hydrogen-bond acceptors (Lipinski definition) is 4. The van der Waals surface area contributed by atoms with Crippen LogP contribution >= 0.6 is 0 Å². The highest BCUT2D eigenvalue weighted by Gasteiger charge is 2.17. The second-order valence-electron chi connectivity index (χ2n) is 5.08. The van der Waals surface area contributed by atoms with Gasteiger partial charge in [0, 0.05) is 12.1 Å². The molecule has 0 saturated carbocycles. The third-order valence-electron chi connectivity index (χ3n) is 3.36. The zero-order valence-corrected chi connectivity index (χ0v) is 13.4. The summed E-state index contributed by atoms with van der Waals surface area (Å²) in [7, 11) is 0. The number of rotatable bonds is 6. The Bertz CT molecular complexity index is 688. The van der Waals surface area contributed by atoms with Crippen molar-refractivity contribution in [1.82, 2.24) is 10.4 Å². The Morgan fingerprint density at radius 2 is 1.75 bits per heavy atom. The first-order valence-electron chi connectivity index (χ1n) is 7.65. The first-order chi connectivity index (χ1) is 11.6. The van der Waals surface area contributed by atoms with Crippen LogP contribution in [0.4, 0.5) is 4.79 Å². The topological polar surface area (TPSA) is 78.9 Å². The number of hydroxylamine groups is 2. The second-order valence-corrected chi connectivity index (χ2v) is 5.08. The molecule has 6 heteroatoms. The van der Waals surface area contributed by atoms with E-state index in [1.54, 1.807) is 31.2 Å². The van der Waals surface area contributed by atoms with Gasteiger partial charge in [0.2, 0.25) is 0 Å². The van der Waals surface area contributed by atoms with Crippen molar-refractivity contribution in [3.63, 3.8) is 0 Å². The van der Waals surface area contributed by atoms with Crippen LogP contribution < -0.4 is 5.32 Å². The van der Waals surface area contributed by atoms with Gasteiger partial charge in [0.15, 0.2) is 0 Å². The fourth-order valence-electron chi connectivity index (χ4n) is 2.18. The number of amides is 2. The molecular weight excluding hydrogens is 308 g/mol. The summed E-state index contributed by atoms with van der Waals surface area (Å²) in [5, 5.41) is 13.0. The Morgan fingerprint density at radius 1 is 1.08 bits per heavy atom. The van der Waals surface area contributed by atoms with Crippen molar-refractivity contribution in [1.29, 1.82) is 0 Å². The van der Waals surface area contributed by atoms with Crippen molar-refractivity contribution in [3.8, 4) is 0 Å². The smallest absolute Gasteiger partial charge is 0.434 e. The molecule has 0 fully saturated rings. The molecule has 0 bridgehead atoms. The summed E-state index contributed by atoms with van der Waals surface area (Å²) in [6.07, 6.45) is -0.850. The van der Waals surface area contributed by atoms with E-state index in [0.717, 1.165) is 5.56 Å². The monoisotopic (exact) mass is 328 g/mol. The maximum atomic E-state index is 12.4. The number of nitrogens with one attached hydrogen (secondary N) is 1. The van der Waals surface area contributed by atoms with E-state index in [2.05, 4.69) is 5.32 Å². The van der Waals surface area contributed by atoms with E-state index in [1.807, 2.05) is 30.3 Å². The SMILES string of the molecule is CCOC(=O)N(O)Cc1ccccc1C(=O)NCc1ccccc1. The Balaban J connectivity index is 2.04. The molecule has 0 radical (unpaired) electrons. The lowest BCUT2D eigenvalue weighted by molar-refractivity contribution is -0.0801. The molecule has 0 aliphatic carbocycles. The Hall–Kier alpha value is -2.86. The summed E-state index contributed by atoms with van der Waals surface area (Å²) < 4.78 is 4.72. The summed E-state index contributed by atoms with van der Waals surface area (Å²) in [6, 6.07) is 16.3. The van der Waals surface area contributed by atoms with Crippen LogP contribution in [0.25, 0.3) is 0 Å². The molecule has 0 saturated heterocycles. The number of carbonyl (C=O) groups is 2. The number of benzene rings is 2. The Labute approximate surface area is 140 Å². The Morgan fingerprint density at radius 3 is 2.46 bits per heavy atom. The second kappa shape index (κ2) is 8.69. The van der Waals surface area contributed by atoms with Gasteiger partial charge in [-0.1, -0.05) is 48.5 Å². The molecule has 0 aliphatic rings. The molecule has 24 heavy (non-hydrogen) atoms. The predicted molar refractivity (Wildman–Crippen MR) is 88.4 cm³/mol. The summed E-state index contributed by atoms with van der Waals surface area (Å²) in [4.78, 5) is 23.9.